The molecule has 1 N–H and O–H groups in total. The number of nitrogens with one attached hydrogen (secondary N) is 1. The van der Waals surface area contributed by atoms with E-state index in [9.17, 15) is 9.59 Å². The second-order valence-electron chi connectivity index (χ2n) is 6.70. The molecule has 25 heavy (non-hydrogen) atoms. The van der Waals surface area contributed by atoms with Crippen molar-refractivity contribution < 1.29 is 14.3 Å². The number of hydrogen-bond acceptors (Lipinski definition) is 3. The maximum atomic E-state index is 12.1. The molecule has 0 saturated carbocycles. The predicted molar refractivity (Wildman–Crippen MR) is 102 cm³/mol. The minimum absolute atomic E-state index is 0.253. The Morgan fingerprint density at radius 1 is 0.960 bits per heavy atom. The molecule has 4 nitrogen and oxygen atoms in total. The van der Waals surface area contributed by atoms with E-state index in [1.807, 2.05) is 19.1 Å². The van der Waals surface area contributed by atoms with Crippen LogP contribution in [0.25, 0.3) is 0 Å². The van der Waals surface area contributed by atoms with Crippen LogP contribution in [0.15, 0.2) is 24.3 Å². The average Bonchev–Trinajstić information content (AvgIpc) is 2.60. The molecule has 0 heterocycles. The van der Waals surface area contributed by atoms with Gasteiger partial charge >= 0.3 is 5.97 Å². The third-order valence-corrected chi connectivity index (χ3v) is 4.26. The molecule has 0 spiro atoms. The fourth-order valence-corrected chi connectivity index (χ4v) is 2.58. The van der Waals surface area contributed by atoms with Crippen molar-refractivity contribution in [2.24, 2.45) is 0 Å². The summed E-state index contributed by atoms with van der Waals surface area (Å²) in [4.78, 5) is 24.0. The molecule has 4 heteroatoms. The van der Waals surface area contributed by atoms with Crippen molar-refractivity contribution in [1.29, 1.82) is 0 Å². The normalized spacial score (nSPS) is 11.8. The van der Waals surface area contributed by atoms with Crippen molar-refractivity contribution in [3.63, 3.8) is 0 Å². The Labute approximate surface area is 152 Å². The third-order valence-electron chi connectivity index (χ3n) is 4.26. The average molecular weight is 347 g/mol. The molecule has 1 amide bonds. The minimum Gasteiger partial charge on any atom is -0.464 e. The van der Waals surface area contributed by atoms with Gasteiger partial charge in [-0.3, -0.25) is 4.79 Å². The molecule has 0 aromatic heterocycles. The predicted octanol–water partition coefficient (Wildman–Crippen LogP) is 4.80. The van der Waals surface area contributed by atoms with Gasteiger partial charge in [-0.1, -0.05) is 69.6 Å². The van der Waals surface area contributed by atoms with Gasteiger partial charge in [0.1, 0.15) is 6.04 Å². The zero-order chi connectivity index (χ0) is 18.5. The lowest BCUT2D eigenvalue weighted by Gasteiger charge is -2.13. The van der Waals surface area contributed by atoms with Gasteiger partial charge in [0.15, 0.2) is 0 Å². The molecular formula is C21H33NO3. The van der Waals surface area contributed by atoms with Crippen LogP contribution >= 0.6 is 0 Å². The Hall–Kier alpha value is -1.84. The van der Waals surface area contributed by atoms with E-state index in [0.717, 1.165) is 18.4 Å². The maximum Gasteiger partial charge on any atom is 0.328 e. The maximum absolute atomic E-state index is 12.1. The molecule has 1 rings (SSSR count). The first-order chi connectivity index (χ1) is 12.0. The van der Waals surface area contributed by atoms with E-state index in [1.165, 1.54) is 38.5 Å². The number of aryl methyl sites for hydroxylation is 1. The van der Waals surface area contributed by atoms with Crippen molar-refractivity contribution in [3.8, 4) is 0 Å². The van der Waals surface area contributed by atoms with Crippen LogP contribution in [0.3, 0.4) is 0 Å². The first-order valence-electron chi connectivity index (χ1n) is 9.58. The van der Waals surface area contributed by atoms with Crippen molar-refractivity contribution in [2.75, 3.05) is 6.61 Å². The van der Waals surface area contributed by atoms with E-state index >= 15 is 0 Å². The summed E-state index contributed by atoms with van der Waals surface area (Å²) in [6.45, 7) is 6.27. The summed E-state index contributed by atoms with van der Waals surface area (Å²) in [5.74, 6) is -0.625. The molecule has 0 bridgehead atoms. The lowest BCUT2D eigenvalue weighted by atomic mass is 10.1. The van der Waals surface area contributed by atoms with Crippen LogP contribution in [-0.4, -0.2) is 24.5 Å². The number of esters is 1. The van der Waals surface area contributed by atoms with Crippen molar-refractivity contribution in [3.05, 3.63) is 35.4 Å². The standard InChI is InChI=1S/C21H33NO3/c1-4-5-6-7-8-9-10-11-16-25-21(24)18(3)22-20(23)19-14-12-17(2)13-15-19/h12-15,18H,4-11,16H2,1-3H3,(H,22,23). The number of unbranched alkanes of at least 4 members (excludes halogenated alkanes) is 7. The topological polar surface area (TPSA) is 55.4 Å². The minimum atomic E-state index is -0.636. The molecule has 0 radical (unpaired) electrons. The molecule has 0 saturated heterocycles. The van der Waals surface area contributed by atoms with Gasteiger partial charge in [0, 0.05) is 5.56 Å². The zero-order valence-electron chi connectivity index (χ0n) is 16.0. The number of benzene rings is 1. The molecule has 1 atom stereocenters. The quantitative estimate of drug-likeness (QED) is 0.436. The highest BCUT2D eigenvalue weighted by Gasteiger charge is 2.17. The fourth-order valence-electron chi connectivity index (χ4n) is 2.58. The summed E-state index contributed by atoms with van der Waals surface area (Å²) >= 11 is 0. The molecule has 1 unspecified atom stereocenters. The van der Waals surface area contributed by atoms with Crippen molar-refractivity contribution in [1.82, 2.24) is 5.32 Å². The fraction of sp³-hybridized carbons (Fsp3) is 0.619. The third kappa shape index (κ3) is 9.28. The monoisotopic (exact) mass is 347 g/mol. The van der Waals surface area contributed by atoms with Crippen LogP contribution < -0.4 is 5.32 Å². The highest BCUT2D eigenvalue weighted by molar-refractivity contribution is 5.96. The number of carbonyl (C=O) groups is 2. The van der Waals surface area contributed by atoms with E-state index < -0.39 is 6.04 Å². The molecule has 1 aromatic rings. The summed E-state index contributed by atoms with van der Waals surface area (Å²) < 4.78 is 5.25. The molecule has 0 aliphatic heterocycles. The van der Waals surface area contributed by atoms with E-state index in [1.54, 1.807) is 19.1 Å². The van der Waals surface area contributed by atoms with Crippen LogP contribution in [0.5, 0.6) is 0 Å². The SMILES string of the molecule is CCCCCCCCCCOC(=O)C(C)NC(=O)c1ccc(C)cc1. The van der Waals surface area contributed by atoms with E-state index in [2.05, 4.69) is 12.2 Å². The smallest absolute Gasteiger partial charge is 0.328 e. The Morgan fingerprint density at radius 3 is 2.12 bits per heavy atom. The number of ether oxygens (including phenoxy) is 1. The van der Waals surface area contributed by atoms with Gasteiger partial charge in [0.2, 0.25) is 0 Å². The van der Waals surface area contributed by atoms with Crippen molar-refractivity contribution in [2.45, 2.75) is 78.2 Å². The summed E-state index contributed by atoms with van der Waals surface area (Å²) in [7, 11) is 0. The second-order valence-corrected chi connectivity index (χ2v) is 6.70. The van der Waals surface area contributed by atoms with Crippen LogP contribution in [0.1, 0.15) is 81.1 Å². The Kier molecular flexibility index (Phi) is 10.6. The summed E-state index contributed by atoms with van der Waals surface area (Å²) in [6.07, 6.45) is 9.65. The first-order valence-corrected chi connectivity index (χ1v) is 9.58. The van der Waals surface area contributed by atoms with Gasteiger partial charge in [0.25, 0.3) is 5.91 Å². The zero-order valence-corrected chi connectivity index (χ0v) is 16.0. The Morgan fingerprint density at radius 2 is 1.52 bits per heavy atom. The van der Waals surface area contributed by atoms with Crippen LogP contribution in [0.4, 0.5) is 0 Å². The number of rotatable bonds is 12. The number of amides is 1. The lowest BCUT2D eigenvalue weighted by molar-refractivity contribution is -0.145. The van der Waals surface area contributed by atoms with Crippen molar-refractivity contribution >= 4 is 11.9 Å². The molecular weight excluding hydrogens is 314 g/mol. The summed E-state index contributed by atoms with van der Waals surface area (Å²) in [5.41, 5.74) is 1.64. The van der Waals surface area contributed by atoms with Gasteiger partial charge in [0.05, 0.1) is 6.61 Å². The Bertz CT molecular complexity index is 510. The largest absolute Gasteiger partial charge is 0.464 e. The van der Waals surface area contributed by atoms with Crippen LogP contribution in [0.2, 0.25) is 0 Å². The molecule has 0 aliphatic carbocycles. The second kappa shape index (κ2) is 12.5. The van der Waals surface area contributed by atoms with Gasteiger partial charge in [-0.05, 0) is 32.4 Å². The van der Waals surface area contributed by atoms with E-state index in [0.29, 0.717) is 12.2 Å². The van der Waals surface area contributed by atoms with Crippen LogP contribution in [0, 0.1) is 6.92 Å². The summed E-state index contributed by atoms with van der Waals surface area (Å²) in [6, 6.07) is 6.62. The molecule has 1 aromatic carbocycles. The lowest BCUT2D eigenvalue weighted by Crippen LogP contribution is -2.39. The number of hydrogen-bond donors (Lipinski definition) is 1. The van der Waals surface area contributed by atoms with E-state index in [-0.39, 0.29) is 11.9 Å². The molecule has 0 fully saturated rings. The van der Waals surface area contributed by atoms with Gasteiger partial charge in [-0.25, -0.2) is 4.79 Å². The van der Waals surface area contributed by atoms with Gasteiger partial charge in [-0.2, -0.15) is 0 Å². The number of carbonyl (C=O) groups excluding carboxylic acids is 2. The molecule has 0 aliphatic rings. The van der Waals surface area contributed by atoms with Gasteiger partial charge < -0.3 is 10.1 Å². The van der Waals surface area contributed by atoms with Crippen LogP contribution in [-0.2, 0) is 9.53 Å². The Balaban J connectivity index is 2.13. The summed E-state index contributed by atoms with van der Waals surface area (Å²) in [5, 5.41) is 2.68. The van der Waals surface area contributed by atoms with E-state index in [4.69, 9.17) is 4.74 Å². The highest BCUT2D eigenvalue weighted by Crippen LogP contribution is 2.08. The van der Waals surface area contributed by atoms with Gasteiger partial charge in [-0.15, -0.1) is 0 Å². The first kappa shape index (κ1) is 21.2. The molecule has 140 valence electrons. The highest BCUT2D eigenvalue weighted by atomic mass is 16.5.